The van der Waals surface area contributed by atoms with Crippen LogP contribution in [0.15, 0.2) is 0 Å². The van der Waals surface area contributed by atoms with E-state index < -0.39 is 24.2 Å². The lowest BCUT2D eigenvalue weighted by molar-refractivity contribution is -0.158. The molecule has 0 aromatic carbocycles. The molecule has 0 saturated carbocycles. The molecular formula is C13H22N2O6. The zero-order chi connectivity index (χ0) is 15.8. The second-order valence-corrected chi connectivity index (χ2v) is 4.28. The molecule has 8 heteroatoms. The molecule has 0 radical (unpaired) electrons. The highest BCUT2D eigenvalue weighted by Gasteiger charge is 2.42. The molecule has 0 aromatic heterocycles. The SMILES string of the molecule is CCOC(=O)[C@H]1CCCN(C(=O)OCC)N1C(=O)OCC. The van der Waals surface area contributed by atoms with Crippen LogP contribution in [0.1, 0.15) is 33.6 Å². The third-order valence-electron chi connectivity index (χ3n) is 2.89. The van der Waals surface area contributed by atoms with Crippen molar-refractivity contribution in [3.63, 3.8) is 0 Å². The van der Waals surface area contributed by atoms with Crippen LogP contribution in [0, 0.1) is 0 Å². The van der Waals surface area contributed by atoms with Gasteiger partial charge in [0.1, 0.15) is 0 Å². The number of carbonyl (C=O) groups excluding carboxylic acids is 3. The van der Waals surface area contributed by atoms with E-state index in [1.165, 1.54) is 0 Å². The molecule has 1 aliphatic heterocycles. The van der Waals surface area contributed by atoms with Crippen molar-refractivity contribution >= 4 is 18.2 Å². The molecule has 1 fully saturated rings. The minimum absolute atomic E-state index is 0.140. The number of carbonyl (C=O) groups is 3. The van der Waals surface area contributed by atoms with Crippen molar-refractivity contribution in [2.24, 2.45) is 0 Å². The van der Waals surface area contributed by atoms with Crippen molar-refractivity contribution in [3.05, 3.63) is 0 Å². The second-order valence-electron chi connectivity index (χ2n) is 4.28. The second kappa shape index (κ2) is 8.33. The highest BCUT2D eigenvalue weighted by atomic mass is 16.6. The van der Waals surface area contributed by atoms with Crippen LogP contribution in [0.5, 0.6) is 0 Å². The summed E-state index contributed by atoms with van der Waals surface area (Å²) in [7, 11) is 0. The summed E-state index contributed by atoms with van der Waals surface area (Å²) in [5.41, 5.74) is 0. The van der Waals surface area contributed by atoms with Gasteiger partial charge in [0.2, 0.25) is 0 Å². The highest BCUT2D eigenvalue weighted by Crippen LogP contribution is 2.21. The molecule has 8 nitrogen and oxygen atoms in total. The van der Waals surface area contributed by atoms with Gasteiger partial charge in [-0.3, -0.25) is 0 Å². The van der Waals surface area contributed by atoms with Crippen molar-refractivity contribution in [2.75, 3.05) is 26.4 Å². The van der Waals surface area contributed by atoms with Crippen LogP contribution in [0.25, 0.3) is 0 Å². The number of esters is 1. The Morgan fingerprint density at radius 2 is 1.52 bits per heavy atom. The van der Waals surface area contributed by atoms with Gasteiger partial charge in [0, 0.05) is 6.54 Å². The van der Waals surface area contributed by atoms with Gasteiger partial charge >= 0.3 is 18.2 Å². The molecule has 0 aliphatic carbocycles. The average molecular weight is 302 g/mol. The van der Waals surface area contributed by atoms with Crippen LogP contribution in [-0.2, 0) is 19.0 Å². The van der Waals surface area contributed by atoms with Gasteiger partial charge in [0.05, 0.1) is 19.8 Å². The van der Waals surface area contributed by atoms with E-state index in [1.807, 2.05) is 0 Å². The third kappa shape index (κ3) is 4.24. The molecule has 0 bridgehead atoms. The van der Waals surface area contributed by atoms with Gasteiger partial charge in [-0.1, -0.05) is 0 Å². The zero-order valence-corrected chi connectivity index (χ0v) is 12.7. The lowest BCUT2D eigenvalue weighted by Gasteiger charge is -2.40. The summed E-state index contributed by atoms with van der Waals surface area (Å²) in [6.07, 6.45) is -0.464. The molecule has 0 aromatic rings. The topological polar surface area (TPSA) is 85.4 Å². The zero-order valence-electron chi connectivity index (χ0n) is 12.7. The van der Waals surface area contributed by atoms with E-state index in [2.05, 4.69) is 0 Å². The fourth-order valence-corrected chi connectivity index (χ4v) is 2.08. The number of rotatable bonds is 4. The molecule has 0 spiro atoms. The summed E-state index contributed by atoms with van der Waals surface area (Å²) >= 11 is 0. The molecule has 0 unspecified atom stereocenters. The molecule has 1 saturated heterocycles. The Morgan fingerprint density at radius 3 is 2.10 bits per heavy atom. The van der Waals surface area contributed by atoms with Gasteiger partial charge in [-0.05, 0) is 33.6 Å². The smallest absolute Gasteiger partial charge is 0.429 e. The van der Waals surface area contributed by atoms with Gasteiger partial charge in [-0.25, -0.2) is 19.4 Å². The normalized spacial score (nSPS) is 18.1. The molecule has 1 atom stereocenters. The predicted octanol–water partition coefficient (Wildman–Crippen LogP) is 1.54. The van der Waals surface area contributed by atoms with Crippen LogP contribution < -0.4 is 0 Å². The number of hydrogen-bond acceptors (Lipinski definition) is 6. The lowest BCUT2D eigenvalue weighted by Crippen LogP contribution is -2.60. The predicted molar refractivity (Wildman–Crippen MR) is 72.2 cm³/mol. The molecule has 2 amide bonds. The number of hydrogen-bond donors (Lipinski definition) is 0. The van der Waals surface area contributed by atoms with Crippen LogP contribution in [0.3, 0.4) is 0 Å². The van der Waals surface area contributed by atoms with Crippen molar-refractivity contribution < 1.29 is 28.6 Å². The molecule has 120 valence electrons. The lowest BCUT2D eigenvalue weighted by atomic mass is 10.1. The first-order chi connectivity index (χ1) is 10.1. The van der Waals surface area contributed by atoms with E-state index in [0.29, 0.717) is 12.8 Å². The van der Waals surface area contributed by atoms with E-state index in [9.17, 15) is 14.4 Å². The molecule has 1 rings (SSSR count). The minimum atomic E-state index is -0.873. The Bertz CT molecular complexity index is 361. The first kappa shape index (κ1) is 17.1. The first-order valence-electron chi connectivity index (χ1n) is 7.13. The quantitative estimate of drug-likeness (QED) is 0.578. The van der Waals surface area contributed by atoms with E-state index in [-0.39, 0.29) is 26.4 Å². The summed E-state index contributed by atoms with van der Waals surface area (Å²) < 4.78 is 14.8. The van der Waals surface area contributed by atoms with Crippen LogP contribution in [0.2, 0.25) is 0 Å². The van der Waals surface area contributed by atoms with E-state index in [4.69, 9.17) is 14.2 Å². The average Bonchev–Trinajstić information content (AvgIpc) is 2.47. The Morgan fingerprint density at radius 1 is 0.952 bits per heavy atom. The van der Waals surface area contributed by atoms with Gasteiger partial charge in [0.25, 0.3) is 0 Å². The fourth-order valence-electron chi connectivity index (χ4n) is 2.08. The summed E-state index contributed by atoms with van der Waals surface area (Å²) in [5.74, 6) is -0.556. The molecular weight excluding hydrogens is 280 g/mol. The van der Waals surface area contributed by atoms with E-state index in [0.717, 1.165) is 10.0 Å². The maximum absolute atomic E-state index is 12.1. The Hall–Kier alpha value is -1.99. The van der Waals surface area contributed by atoms with Gasteiger partial charge in [-0.2, -0.15) is 5.01 Å². The standard InChI is InChI=1S/C13H22N2O6/c1-4-19-11(16)10-8-7-9-14(12(17)20-5-2)15(10)13(18)21-6-3/h10H,4-9H2,1-3H3/t10-/m1/s1. The Kier molecular flexibility index (Phi) is 6.77. The number of ether oxygens (including phenoxy) is 3. The van der Waals surface area contributed by atoms with Crippen molar-refractivity contribution in [3.8, 4) is 0 Å². The third-order valence-corrected chi connectivity index (χ3v) is 2.89. The molecule has 1 aliphatic rings. The van der Waals surface area contributed by atoms with E-state index in [1.54, 1.807) is 20.8 Å². The molecule has 21 heavy (non-hydrogen) atoms. The van der Waals surface area contributed by atoms with Crippen molar-refractivity contribution in [1.82, 2.24) is 10.0 Å². The van der Waals surface area contributed by atoms with Crippen molar-refractivity contribution in [1.29, 1.82) is 0 Å². The number of amides is 2. The monoisotopic (exact) mass is 302 g/mol. The minimum Gasteiger partial charge on any atom is -0.464 e. The first-order valence-corrected chi connectivity index (χ1v) is 7.13. The summed E-state index contributed by atoms with van der Waals surface area (Å²) in [6, 6.07) is -0.873. The number of nitrogens with zero attached hydrogens (tertiary/aromatic N) is 2. The van der Waals surface area contributed by atoms with Gasteiger partial charge in [-0.15, -0.1) is 0 Å². The summed E-state index contributed by atoms with van der Waals surface area (Å²) in [5, 5.41) is 2.11. The Labute approximate surface area is 123 Å². The molecule has 1 heterocycles. The number of hydrazine groups is 1. The maximum atomic E-state index is 12.1. The van der Waals surface area contributed by atoms with Crippen LogP contribution in [-0.4, -0.2) is 60.6 Å². The molecule has 0 N–H and O–H groups in total. The summed E-state index contributed by atoms with van der Waals surface area (Å²) in [4.78, 5) is 36.0. The van der Waals surface area contributed by atoms with E-state index >= 15 is 0 Å². The maximum Gasteiger partial charge on any atom is 0.429 e. The summed E-state index contributed by atoms with van der Waals surface area (Å²) in [6.45, 7) is 5.80. The largest absolute Gasteiger partial charge is 0.464 e. The van der Waals surface area contributed by atoms with Gasteiger partial charge < -0.3 is 14.2 Å². The Balaban J connectivity index is 2.97. The van der Waals surface area contributed by atoms with Gasteiger partial charge in [0.15, 0.2) is 6.04 Å². The van der Waals surface area contributed by atoms with Crippen molar-refractivity contribution in [2.45, 2.75) is 39.7 Å². The highest BCUT2D eigenvalue weighted by molar-refractivity contribution is 5.83. The van der Waals surface area contributed by atoms with Crippen LogP contribution >= 0.6 is 0 Å². The fraction of sp³-hybridized carbons (Fsp3) is 0.769. The van der Waals surface area contributed by atoms with Crippen LogP contribution in [0.4, 0.5) is 9.59 Å².